The van der Waals surface area contributed by atoms with Crippen molar-refractivity contribution < 1.29 is 0 Å². The van der Waals surface area contributed by atoms with Crippen molar-refractivity contribution in [1.29, 1.82) is 0 Å². The summed E-state index contributed by atoms with van der Waals surface area (Å²) in [6.07, 6.45) is 6.86. The Morgan fingerprint density at radius 2 is 2.16 bits per heavy atom. The molecule has 106 valence electrons. The minimum atomic E-state index is 0.638. The summed E-state index contributed by atoms with van der Waals surface area (Å²) in [6, 6.07) is 3.88. The lowest BCUT2D eigenvalue weighted by atomic mass is 9.81. The molecule has 1 fully saturated rings. The van der Waals surface area contributed by atoms with Gasteiger partial charge in [-0.05, 0) is 49.3 Å². The minimum absolute atomic E-state index is 0.638. The molecule has 2 atom stereocenters. The Bertz CT molecular complexity index is 431. The van der Waals surface area contributed by atoms with Crippen LogP contribution in [0.15, 0.2) is 12.1 Å². The maximum Gasteiger partial charge on any atom is 0.0656 e. The van der Waals surface area contributed by atoms with E-state index in [1.807, 2.05) is 12.1 Å². The number of anilines is 2. The normalized spacial score (nSPS) is 23.3. The van der Waals surface area contributed by atoms with Crippen molar-refractivity contribution in [2.24, 2.45) is 11.8 Å². The number of benzene rings is 1. The minimum Gasteiger partial charge on any atom is -0.398 e. The number of nitrogens with one attached hydrogen (secondary N) is 1. The first-order valence-corrected chi connectivity index (χ1v) is 7.73. The van der Waals surface area contributed by atoms with Gasteiger partial charge in [0.2, 0.25) is 0 Å². The van der Waals surface area contributed by atoms with E-state index in [1.54, 1.807) is 0 Å². The monoisotopic (exact) mass is 280 g/mol. The quantitative estimate of drug-likeness (QED) is 0.773. The van der Waals surface area contributed by atoms with Gasteiger partial charge in [0.15, 0.2) is 0 Å². The maximum absolute atomic E-state index is 6.07. The maximum atomic E-state index is 6.07. The lowest BCUT2D eigenvalue weighted by Crippen LogP contribution is -2.16. The van der Waals surface area contributed by atoms with Gasteiger partial charge in [0.1, 0.15) is 0 Å². The molecule has 0 amide bonds. The van der Waals surface area contributed by atoms with Gasteiger partial charge in [0.25, 0.3) is 0 Å². The smallest absolute Gasteiger partial charge is 0.0656 e. The third-order valence-electron chi connectivity index (χ3n) is 4.26. The Kier molecular flexibility index (Phi) is 4.98. The molecule has 1 saturated carbocycles. The van der Waals surface area contributed by atoms with Gasteiger partial charge in [0.05, 0.1) is 10.7 Å². The van der Waals surface area contributed by atoms with E-state index in [0.717, 1.165) is 24.1 Å². The SMILES string of the molecule is Cc1cc(N)c(Cl)cc1NCCC1CCCC(C)C1. The van der Waals surface area contributed by atoms with E-state index in [0.29, 0.717) is 10.7 Å². The first-order chi connectivity index (χ1) is 9.06. The number of aryl methyl sites for hydroxylation is 1. The van der Waals surface area contributed by atoms with Crippen molar-refractivity contribution >= 4 is 23.0 Å². The van der Waals surface area contributed by atoms with Crippen LogP contribution in [-0.4, -0.2) is 6.54 Å². The fourth-order valence-electron chi connectivity index (χ4n) is 3.13. The summed E-state index contributed by atoms with van der Waals surface area (Å²) >= 11 is 6.07. The number of rotatable bonds is 4. The van der Waals surface area contributed by atoms with Gasteiger partial charge in [-0.2, -0.15) is 0 Å². The van der Waals surface area contributed by atoms with Gasteiger partial charge in [-0.25, -0.2) is 0 Å². The van der Waals surface area contributed by atoms with E-state index < -0.39 is 0 Å². The Labute approximate surface area is 121 Å². The fraction of sp³-hybridized carbons (Fsp3) is 0.625. The van der Waals surface area contributed by atoms with Gasteiger partial charge in [-0.1, -0.05) is 37.8 Å². The number of nitrogen functional groups attached to an aromatic ring is 1. The molecule has 0 spiro atoms. The highest BCUT2D eigenvalue weighted by atomic mass is 35.5. The molecule has 1 aromatic rings. The molecule has 19 heavy (non-hydrogen) atoms. The Morgan fingerprint density at radius 3 is 2.89 bits per heavy atom. The lowest BCUT2D eigenvalue weighted by molar-refractivity contribution is 0.274. The van der Waals surface area contributed by atoms with Gasteiger partial charge in [-0.15, -0.1) is 0 Å². The van der Waals surface area contributed by atoms with Gasteiger partial charge < -0.3 is 11.1 Å². The van der Waals surface area contributed by atoms with Crippen LogP contribution in [0.1, 0.15) is 44.6 Å². The number of halogens is 1. The molecule has 2 rings (SSSR count). The van der Waals surface area contributed by atoms with E-state index >= 15 is 0 Å². The third kappa shape index (κ3) is 4.04. The second kappa shape index (κ2) is 6.51. The van der Waals surface area contributed by atoms with Crippen LogP contribution >= 0.6 is 11.6 Å². The standard InChI is InChI=1S/C16H25ClN2/c1-11-4-3-5-13(8-11)6-7-19-16-10-14(17)15(18)9-12(16)2/h9-11,13,19H,3-8,18H2,1-2H3. The Hall–Kier alpha value is -0.890. The van der Waals surface area contributed by atoms with Gasteiger partial charge >= 0.3 is 0 Å². The molecule has 0 saturated heterocycles. The van der Waals surface area contributed by atoms with Crippen molar-refractivity contribution in [3.63, 3.8) is 0 Å². The highest BCUT2D eigenvalue weighted by Gasteiger charge is 2.18. The molecule has 1 aliphatic carbocycles. The van der Waals surface area contributed by atoms with Crippen LogP contribution in [0.2, 0.25) is 5.02 Å². The molecule has 3 heteroatoms. The number of hydrogen-bond donors (Lipinski definition) is 2. The third-order valence-corrected chi connectivity index (χ3v) is 4.58. The fourth-order valence-corrected chi connectivity index (χ4v) is 3.29. The molecular formula is C16H25ClN2. The van der Waals surface area contributed by atoms with Crippen molar-refractivity contribution in [3.05, 3.63) is 22.7 Å². The largest absolute Gasteiger partial charge is 0.398 e. The first-order valence-electron chi connectivity index (χ1n) is 7.35. The van der Waals surface area contributed by atoms with Crippen LogP contribution in [0.25, 0.3) is 0 Å². The average Bonchev–Trinajstić information content (AvgIpc) is 2.35. The summed E-state index contributed by atoms with van der Waals surface area (Å²) < 4.78 is 0. The van der Waals surface area contributed by atoms with Crippen LogP contribution in [0.4, 0.5) is 11.4 Å². The molecular weight excluding hydrogens is 256 g/mol. The molecule has 2 nitrogen and oxygen atoms in total. The first kappa shape index (κ1) is 14.5. The predicted molar refractivity (Wildman–Crippen MR) is 84.8 cm³/mol. The van der Waals surface area contributed by atoms with Crippen molar-refractivity contribution in [3.8, 4) is 0 Å². The molecule has 1 aliphatic rings. The summed E-state index contributed by atoms with van der Waals surface area (Å²) in [5.74, 6) is 1.80. The van der Waals surface area contributed by atoms with Crippen molar-refractivity contribution in [2.75, 3.05) is 17.6 Å². The van der Waals surface area contributed by atoms with Gasteiger partial charge in [0, 0.05) is 12.2 Å². The molecule has 0 heterocycles. The van der Waals surface area contributed by atoms with Crippen LogP contribution in [-0.2, 0) is 0 Å². The van der Waals surface area contributed by atoms with E-state index in [2.05, 4.69) is 19.2 Å². The van der Waals surface area contributed by atoms with Crippen LogP contribution < -0.4 is 11.1 Å². The zero-order valence-electron chi connectivity index (χ0n) is 12.0. The average molecular weight is 281 g/mol. The molecule has 1 aromatic carbocycles. The molecule has 0 aliphatic heterocycles. The molecule has 0 bridgehead atoms. The lowest BCUT2D eigenvalue weighted by Gasteiger charge is -2.26. The Balaban J connectivity index is 1.84. The predicted octanol–water partition coefficient (Wildman–Crippen LogP) is 4.86. The van der Waals surface area contributed by atoms with E-state index in [-0.39, 0.29) is 0 Å². The van der Waals surface area contributed by atoms with Crippen molar-refractivity contribution in [2.45, 2.75) is 46.0 Å². The zero-order valence-corrected chi connectivity index (χ0v) is 12.8. The summed E-state index contributed by atoms with van der Waals surface area (Å²) in [7, 11) is 0. The summed E-state index contributed by atoms with van der Waals surface area (Å²) in [4.78, 5) is 0. The van der Waals surface area contributed by atoms with Crippen LogP contribution in [0.5, 0.6) is 0 Å². The molecule has 0 radical (unpaired) electrons. The van der Waals surface area contributed by atoms with Gasteiger partial charge in [-0.3, -0.25) is 0 Å². The summed E-state index contributed by atoms with van der Waals surface area (Å²) in [5, 5.41) is 4.14. The summed E-state index contributed by atoms with van der Waals surface area (Å²) in [6.45, 7) is 5.47. The number of hydrogen-bond acceptors (Lipinski definition) is 2. The zero-order chi connectivity index (χ0) is 13.8. The molecule has 2 unspecified atom stereocenters. The van der Waals surface area contributed by atoms with E-state index in [1.165, 1.54) is 37.7 Å². The Morgan fingerprint density at radius 1 is 1.37 bits per heavy atom. The number of nitrogens with two attached hydrogens (primary N) is 1. The van der Waals surface area contributed by atoms with E-state index in [4.69, 9.17) is 17.3 Å². The summed E-state index contributed by atoms with van der Waals surface area (Å²) in [5.41, 5.74) is 8.73. The molecule has 3 N–H and O–H groups in total. The highest BCUT2D eigenvalue weighted by molar-refractivity contribution is 6.33. The second-order valence-corrected chi connectivity index (χ2v) is 6.45. The van der Waals surface area contributed by atoms with Crippen LogP contribution in [0.3, 0.4) is 0 Å². The van der Waals surface area contributed by atoms with Crippen LogP contribution in [0, 0.1) is 18.8 Å². The highest BCUT2D eigenvalue weighted by Crippen LogP contribution is 2.31. The topological polar surface area (TPSA) is 38.0 Å². The van der Waals surface area contributed by atoms with E-state index in [9.17, 15) is 0 Å². The molecule has 0 aromatic heterocycles. The van der Waals surface area contributed by atoms with Crippen molar-refractivity contribution in [1.82, 2.24) is 0 Å². The second-order valence-electron chi connectivity index (χ2n) is 6.04.